The molecule has 0 saturated heterocycles. The second-order valence-electron chi connectivity index (χ2n) is 35.7. The minimum Gasteiger partial charge on any atom is -0.466 e. The summed E-state index contributed by atoms with van der Waals surface area (Å²) < 4.78 is 19.9. The topological polar surface area (TPSA) is 288 Å². The van der Waals surface area contributed by atoms with Crippen LogP contribution >= 0.6 is 0 Å². The van der Waals surface area contributed by atoms with Gasteiger partial charge in [-0.3, -0.25) is 24.3 Å². The van der Waals surface area contributed by atoms with Gasteiger partial charge in [0.05, 0.1) is 66.0 Å². The van der Waals surface area contributed by atoms with Crippen molar-refractivity contribution in [3.63, 3.8) is 0 Å². The SMILES string of the molecule is CCC(C)(C)OOC1(OOC(C)(C)CC)CCCCC1.CCCCC(CC)C(=O)OOC(C)(C)CC.CCCCC(CC)COC(=O)OOC(C)(C)CC.CCCCC(CC)COC(=O)OOC(C)(C)CC.CCOC(=O)CC(C)(OOC(C)(C)C)OOC(C)(C)C.CCOC(=O)CC(C)(OOC(C)(C)CC)OOC(C)(C)CC. The Hall–Kier alpha value is -3.65. The van der Waals surface area contributed by atoms with Crippen LogP contribution in [0.4, 0.5) is 9.59 Å². The first kappa shape index (κ1) is 119. The van der Waals surface area contributed by atoms with E-state index < -0.39 is 80.8 Å². The Morgan fingerprint density at radius 2 is 0.588 bits per heavy atom. The summed E-state index contributed by atoms with van der Waals surface area (Å²) in [7, 11) is 0. The number of ether oxygens (including phenoxy) is 4. The maximum atomic E-state index is 11.8. The second kappa shape index (κ2) is 61.6. The van der Waals surface area contributed by atoms with Gasteiger partial charge in [0.1, 0.15) is 29.6 Å². The van der Waals surface area contributed by atoms with Crippen LogP contribution in [0.3, 0.4) is 0 Å². The third-order valence-corrected chi connectivity index (χ3v) is 18.5. The highest BCUT2D eigenvalue weighted by molar-refractivity contribution is 5.72. The van der Waals surface area contributed by atoms with E-state index in [1.54, 1.807) is 27.7 Å². The Balaban J connectivity index is -0.000000418. The molecular weight excluding hydrogens is 1480 g/mol. The van der Waals surface area contributed by atoms with Crippen molar-refractivity contribution >= 4 is 30.2 Å². The average Bonchev–Trinajstić information content (AvgIpc) is 0.842. The number of hydrogen-bond acceptors (Lipinski definition) is 27. The van der Waals surface area contributed by atoms with Gasteiger partial charge in [0, 0.05) is 12.8 Å². The summed E-state index contributed by atoms with van der Waals surface area (Å²) in [6, 6.07) is 0. The molecule has 1 aliphatic rings. The van der Waals surface area contributed by atoms with Crippen molar-refractivity contribution in [2.75, 3.05) is 26.4 Å². The summed E-state index contributed by atoms with van der Waals surface area (Å²) in [5.41, 5.74) is -4.03. The molecule has 0 aliphatic heterocycles. The fourth-order valence-electron chi connectivity index (χ4n) is 7.65. The summed E-state index contributed by atoms with van der Waals surface area (Å²) in [5, 5.41) is 0. The van der Waals surface area contributed by atoms with Crippen molar-refractivity contribution in [2.24, 2.45) is 17.8 Å². The number of hydrogen-bond donors (Lipinski definition) is 0. The van der Waals surface area contributed by atoms with Crippen LogP contribution in [-0.2, 0) is 121 Å². The van der Waals surface area contributed by atoms with Gasteiger partial charge < -0.3 is 18.9 Å². The van der Waals surface area contributed by atoms with Crippen LogP contribution in [0.5, 0.6) is 0 Å². The van der Waals surface area contributed by atoms with E-state index in [0.717, 1.165) is 148 Å². The average molecular weight is 1650 g/mol. The summed E-state index contributed by atoms with van der Waals surface area (Å²) in [5.74, 6) is -3.83. The maximum absolute atomic E-state index is 11.8. The van der Waals surface area contributed by atoms with Gasteiger partial charge in [0.2, 0.25) is 17.4 Å². The first-order valence-corrected chi connectivity index (χ1v) is 42.9. The molecule has 1 aliphatic carbocycles. The molecule has 0 aromatic carbocycles. The molecule has 0 aromatic heterocycles. The van der Waals surface area contributed by atoms with E-state index in [2.05, 4.69) is 58.2 Å². The smallest absolute Gasteiger partial charge is 0.466 e. The first-order chi connectivity index (χ1) is 52.5. The lowest BCUT2D eigenvalue weighted by Crippen LogP contribution is -2.43. The highest BCUT2D eigenvalue weighted by Crippen LogP contribution is 2.37. The molecule has 1 saturated carbocycles. The summed E-state index contributed by atoms with van der Waals surface area (Å²) in [6.45, 7) is 72.5. The monoisotopic (exact) mass is 1650 g/mol. The van der Waals surface area contributed by atoms with Crippen molar-refractivity contribution in [1.29, 1.82) is 0 Å². The molecule has 0 bridgehead atoms. The Bertz CT molecular complexity index is 2300. The van der Waals surface area contributed by atoms with E-state index in [9.17, 15) is 24.0 Å². The van der Waals surface area contributed by atoms with Crippen LogP contribution in [-0.4, -0.2) is 124 Å². The molecule has 0 heterocycles. The minimum atomic E-state index is -1.38. The normalized spacial score (nSPS) is 14.5. The quantitative estimate of drug-likeness (QED) is 0.0180. The lowest BCUT2D eigenvalue weighted by Gasteiger charge is -2.38. The Labute approximate surface area is 693 Å². The first-order valence-electron chi connectivity index (χ1n) is 42.9. The standard InChI is InChI=1S/C16H32O6.C16H32O4.C14H28O6.2C14H28O4.C13H26O3/c1-9-14(4,5)19-21-16(8,12-13(17)18-11-3)22-20-15(6,7)10-2;1-7-14(3,4)17-19-16(12-10-9-11-13-16)20-18-15(5,6)8-2;1-9-16-11(15)10-14(8,19-17-12(2,3)4)20-18-13(5,6)7;2*1-6-9-10-12(7-2)11-16-13(15)17-18-14(4,5)8-3;1-6-9-10-11(7-2)12(14)15-16-13(4,5)8-3/h9-12H2,1-8H3;7-13H2,1-6H3;9-10H2,1-8H3;2*12H,6-11H2,1-5H3;11H,6-10H2,1-5H3. The van der Waals surface area contributed by atoms with E-state index in [-0.39, 0.29) is 49.1 Å². The number of esters is 2. The van der Waals surface area contributed by atoms with Crippen LogP contribution in [0.25, 0.3) is 0 Å². The van der Waals surface area contributed by atoms with Crippen LogP contribution in [0.15, 0.2) is 0 Å². The molecule has 0 amide bonds. The summed E-state index contributed by atoms with van der Waals surface area (Å²) >= 11 is 0. The van der Waals surface area contributed by atoms with Crippen molar-refractivity contribution in [2.45, 2.75) is 491 Å². The Morgan fingerprint density at radius 3 is 0.860 bits per heavy atom. The van der Waals surface area contributed by atoms with Crippen LogP contribution in [0.2, 0.25) is 0 Å². The van der Waals surface area contributed by atoms with Crippen LogP contribution in [0.1, 0.15) is 423 Å². The fraction of sp³-hybridized carbons (Fsp3) is 0.943. The molecule has 1 fully saturated rings. The van der Waals surface area contributed by atoms with Gasteiger partial charge in [-0.05, 0) is 261 Å². The predicted octanol–water partition coefficient (Wildman–Crippen LogP) is 24.8. The number of carbonyl (C=O) groups excluding carboxylic acids is 5. The Morgan fingerprint density at radius 1 is 0.307 bits per heavy atom. The lowest BCUT2D eigenvalue weighted by molar-refractivity contribution is -0.547. The van der Waals surface area contributed by atoms with Crippen molar-refractivity contribution in [3.8, 4) is 0 Å². The van der Waals surface area contributed by atoms with E-state index >= 15 is 0 Å². The number of carbonyl (C=O) groups is 5. The molecule has 0 spiro atoms. The van der Waals surface area contributed by atoms with Gasteiger partial charge in [-0.25, -0.2) is 43.7 Å². The zero-order valence-corrected chi connectivity index (χ0v) is 79.5. The molecule has 0 N–H and O–H groups in total. The largest absolute Gasteiger partial charge is 0.540 e. The van der Waals surface area contributed by atoms with Gasteiger partial charge >= 0.3 is 30.2 Å². The van der Waals surface area contributed by atoms with Gasteiger partial charge in [-0.2, -0.15) is 44.0 Å². The van der Waals surface area contributed by atoms with Crippen molar-refractivity contribution < 1.29 is 131 Å². The van der Waals surface area contributed by atoms with Gasteiger partial charge in [0.25, 0.3) is 0 Å². The van der Waals surface area contributed by atoms with E-state index in [1.165, 1.54) is 6.42 Å². The number of rotatable bonds is 52. The van der Waals surface area contributed by atoms with Crippen molar-refractivity contribution in [1.82, 2.24) is 0 Å². The Kier molecular flexibility index (Phi) is 64.3. The molecule has 27 nitrogen and oxygen atoms in total. The van der Waals surface area contributed by atoms with Crippen LogP contribution < -0.4 is 0 Å². The third kappa shape index (κ3) is 68.2. The zero-order chi connectivity index (χ0) is 89.4. The molecule has 3 atom stereocenters. The minimum absolute atomic E-state index is 0.0207. The molecule has 0 aromatic rings. The molecule has 1 rings (SSSR count). The predicted molar refractivity (Wildman–Crippen MR) is 442 cm³/mol. The molecule has 114 heavy (non-hydrogen) atoms. The molecular formula is C87H174O27. The molecule has 684 valence electrons. The van der Waals surface area contributed by atoms with Crippen molar-refractivity contribution in [3.05, 3.63) is 0 Å². The molecule has 3 unspecified atom stereocenters. The van der Waals surface area contributed by atoms with E-state index in [4.69, 9.17) is 97.1 Å². The summed E-state index contributed by atoms with van der Waals surface area (Å²) in [6.07, 6.45) is 21.5. The van der Waals surface area contributed by atoms with E-state index in [0.29, 0.717) is 25.0 Å². The fourth-order valence-corrected chi connectivity index (χ4v) is 7.65. The third-order valence-electron chi connectivity index (χ3n) is 18.5. The molecule has 27 heteroatoms. The van der Waals surface area contributed by atoms with Gasteiger partial charge in [-0.1, -0.05) is 148 Å². The van der Waals surface area contributed by atoms with Crippen LogP contribution in [0, 0.1) is 17.8 Å². The lowest BCUT2D eigenvalue weighted by atomic mass is 9.94. The summed E-state index contributed by atoms with van der Waals surface area (Å²) in [4.78, 5) is 152. The van der Waals surface area contributed by atoms with Gasteiger partial charge in [0.15, 0.2) is 0 Å². The van der Waals surface area contributed by atoms with Gasteiger partial charge in [-0.15, -0.1) is 0 Å². The zero-order valence-electron chi connectivity index (χ0n) is 79.5. The highest BCUT2D eigenvalue weighted by atomic mass is 17.3. The second-order valence-corrected chi connectivity index (χ2v) is 35.7. The maximum Gasteiger partial charge on any atom is 0.540 e. The number of unbranched alkanes of at least 4 members (excludes halogenated alkanes) is 3. The molecule has 0 radical (unpaired) electrons. The highest BCUT2D eigenvalue weighted by Gasteiger charge is 2.42. The van der Waals surface area contributed by atoms with E-state index in [1.807, 2.05) is 180 Å².